The molecule has 2 aromatic rings. The Hall–Kier alpha value is -2.47. The summed E-state index contributed by atoms with van der Waals surface area (Å²) < 4.78 is 0. The zero-order valence-electron chi connectivity index (χ0n) is 14.5. The summed E-state index contributed by atoms with van der Waals surface area (Å²) in [6.07, 6.45) is 0.320. The van der Waals surface area contributed by atoms with Gasteiger partial charge in [0.15, 0.2) is 5.96 Å². The van der Waals surface area contributed by atoms with Crippen LogP contribution in [0.25, 0.3) is 0 Å². The van der Waals surface area contributed by atoms with Crippen LogP contribution in [0.15, 0.2) is 39.6 Å². The molecule has 0 saturated carbocycles. The molecule has 1 aromatic carbocycles. The van der Waals surface area contributed by atoms with Gasteiger partial charge in [0.2, 0.25) is 5.91 Å². The van der Waals surface area contributed by atoms with E-state index in [0.29, 0.717) is 13.0 Å². The van der Waals surface area contributed by atoms with E-state index in [-0.39, 0.29) is 11.9 Å². The van der Waals surface area contributed by atoms with Gasteiger partial charge in [-0.25, -0.2) is 4.99 Å². The lowest BCUT2D eigenvalue weighted by molar-refractivity contribution is -0.128. The van der Waals surface area contributed by atoms with E-state index in [4.69, 9.17) is 10.7 Å². The maximum Gasteiger partial charge on any atom is 0.231 e. The van der Waals surface area contributed by atoms with Gasteiger partial charge in [0.1, 0.15) is 0 Å². The average Bonchev–Trinajstić information content (AvgIpc) is 3.17. The van der Waals surface area contributed by atoms with Gasteiger partial charge in [-0.1, -0.05) is 18.2 Å². The number of hydrogen-bond acceptors (Lipinski definition) is 5. The number of nitrogens with two attached hydrogens (primary N) is 1. The molecule has 5 nitrogen and oxygen atoms in total. The number of nitrogens with zero attached hydrogens (tertiary/aromatic N) is 3. The quantitative estimate of drug-likeness (QED) is 0.903. The number of amides is 1. The van der Waals surface area contributed by atoms with Crippen molar-refractivity contribution in [1.29, 1.82) is 0 Å². The van der Waals surface area contributed by atoms with E-state index in [1.54, 1.807) is 18.4 Å². The van der Waals surface area contributed by atoms with Crippen LogP contribution in [0.5, 0.6) is 0 Å². The molecular formula is C19H20N4OS. The minimum atomic E-state index is -0.620. The Balaban J connectivity index is 1.71. The van der Waals surface area contributed by atoms with Crippen molar-refractivity contribution in [2.75, 3.05) is 7.05 Å². The second-order valence-electron chi connectivity index (χ2n) is 6.90. The van der Waals surface area contributed by atoms with Crippen molar-refractivity contribution in [2.45, 2.75) is 32.4 Å². The van der Waals surface area contributed by atoms with E-state index < -0.39 is 5.54 Å². The Labute approximate surface area is 150 Å². The average molecular weight is 352 g/mol. The molecule has 1 atom stereocenters. The number of fused-ring (bicyclic) bond motifs is 1. The molecule has 0 unspecified atom stereocenters. The smallest absolute Gasteiger partial charge is 0.231 e. The molecule has 0 fully saturated rings. The molecular weight excluding hydrogens is 332 g/mol. The third-order valence-corrected chi connectivity index (χ3v) is 5.98. The number of aliphatic imine (C=N–C) groups is 2. The standard InChI is InChI=1S/C19H20N4OS/c1-11-6-15(25-10-11)17-14-5-4-13(7-12(14)9-21-17)19(2)8-16(24)23(3)18(20)22-19/h4-7,10H,8-9H2,1-3H3,(H2,20,22)/t19-/m0/s1. The van der Waals surface area contributed by atoms with Crippen molar-refractivity contribution < 1.29 is 4.79 Å². The first-order valence-corrected chi connectivity index (χ1v) is 9.11. The van der Waals surface area contributed by atoms with E-state index in [0.717, 1.165) is 11.3 Å². The summed E-state index contributed by atoms with van der Waals surface area (Å²) >= 11 is 1.72. The van der Waals surface area contributed by atoms with Crippen LogP contribution < -0.4 is 5.73 Å². The number of thiophene rings is 1. The molecule has 1 aromatic heterocycles. The summed E-state index contributed by atoms with van der Waals surface area (Å²) in [4.78, 5) is 24.1. The third-order valence-electron chi connectivity index (χ3n) is 4.93. The van der Waals surface area contributed by atoms with Crippen molar-refractivity contribution in [3.63, 3.8) is 0 Å². The highest BCUT2D eigenvalue weighted by atomic mass is 32.1. The molecule has 4 rings (SSSR count). The molecule has 0 spiro atoms. The number of carbonyl (C=O) groups excluding carboxylic acids is 1. The molecule has 25 heavy (non-hydrogen) atoms. The molecule has 0 aliphatic carbocycles. The number of aryl methyl sites for hydroxylation is 1. The van der Waals surface area contributed by atoms with Crippen LogP contribution in [-0.2, 0) is 16.9 Å². The zero-order chi connectivity index (χ0) is 17.8. The summed E-state index contributed by atoms with van der Waals surface area (Å²) in [6.45, 7) is 4.73. The maximum atomic E-state index is 12.2. The molecule has 2 aliphatic heterocycles. The van der Waals surface area contributed by atoms with Gasteiger partial charge in [0, 0.05) is 12.6 Å². The van der Waals surface area contributed by atoms with E-state index in [1.165, 1.54) is 26.5 Å². The van der Waals surface area contributed by atoms with E-state index in [1.807, 2.05) is 6.92 Å². The summed E-state index contributed by atoms with van der Waals surface area (Å²) in [5.41, 5.74) is 11.0. The molecule has 0 bridgehead atoms. The molecule has 3 heterocycles. The van der Waals surface area contributed by atoms with Crippen LogP contribution in [0.3, 0.4) is 0 Å². The Kier molecular flexibility index (Phi) is 3.54. The minimum absolute atomic E-state index is 0.0125. The van der Waals surface area contributed by atoms with E-state index in [9.17, 15) is 4.79 Å². The van der Waals surface area contributed by atoms with E-state index >= 15 is 0 Å². The Bertz CT molecular complexity index is 943. The third kappa shape index (κ3) is 2.57. The highest BCUT2D eigenvalue weighted by Crippen LogP contribution is 2.36. The molecule has 6 heteroatoms. The summed E-state index contributed by atoms with van der Waals surface area (Å²) in [6, 6.07) is 8.46. The summed E-state index contributed by atoms with van der Waals surface area (Å²) in [5.74, 6) is 0.256. The minimum Gasteiger partial charge on any atom is -0.369 e. The van der Waals surface area contributed by atoms with Gasteiger partial charge in [-0.2, -0.15) is 0 Å². The van der Waals surface area contributed by atoms with Gasteiger partial charge in [-0.05, 0) is 42.0 Å². The van der Waals surface area contributed by atoms with Crippen LogP contribution in [0.4, 0.5) is 0 Å². The second kappa shape index (κ2) is 5.52. The summed E-state index contributed by atoms with van der Waals surface area (Å²) in [5, 5.41) is 2.15. The lowest BCUT2D eigenvalue weighted by Gasteiger charge is -2.33. The molecule has 1 amide bonds. The molecule has 2 N–H and O–H groups in total. The number of rotatable bonds is 2. The second-order valence-corrected chi connectivity index (χ2v) is 7.81. The van der Waals surface area contributed by atoms with E-state index in [2.05, 4.69) is 41.6 Å². The highest BCUT2D eigenvalue weighted by molar-refractivity contribution is 7.12. The van der Waals surface area contributed by atoms with Crippen LogP contribution in [0, 0.1) is 6.92 Å². The normalized spacial score (nSPS) is 22.7. The first kappa shape index (κ1) is 16.0. The SMILES string of the molecule is Cc1csc(C2=NCc3cc([C@]4(C)CC(=O)N(C)C(N)=N4)ccc32)c1. The van der Waals surface area contributed by atoms with Crippen molar-refractivity contribution in [3.05, 3.63) is 56.8 Å². The Morgan fingerprint density at radius 1 is 1.32 bits per heavy atom. The van der Waals surface area contributed by atoms with Crippen LogP contribution >= 0.6 is 11.3 Å². The van der Waals surface area contributed by atoms with Crippen molar-refractivity contribution >= 4 is 28.9 Å². The maximum absolute atomic E-state index is 12.2. The Morgan fingerprint density at radius 3 is 2.80 bits per heavy atom. The highest BCUT2D eigenvalue weighted by Gasteiger charge is 2.36. The predicted octanol–water partition coefficient (Wildman–Crippen LogP) is 2.80. The lowest BCUT2D eigenvalue weighted by atomic mass is 9.85. The fraction of sp³-hybridized carbons (Fsp3) is 0.316. The lowest BCUT2D eigenvalue weighted by Crippen LogP contribution is -2.47. The van der Waals surface area contributed by atoms with Gasteiger partial charge < -0.3 is 5.73 Å². The summed E-state index contributed by atoms with van der Waals surface area (Å²) in [7, 11) is 1.66. The fourth-order valence-corrected chi connectivity index (χ4v) is 4.30. The molecule has 0 saturated heterocycles. The van der Waals surface area contributed by atoms with Gasteiger partial charge >= 0.3 is 0 Å². The number of carbonyl (C=O) groups is 1. The zero-order valence-corrected chi connectivity index (χ0v) is 15.4. The first-order chi connectivity index (χ1) is 11.9. The van der Waals surface area contributed by atoms with Crippen molar-refractivity contribution in [3.8, 4) is 0 Å². The topological polar surface area (TPSA) is 71.0 Å². The van der Waals surface area contributed by atoms with Crippen LogP contribution in [-0.4, -0.2) is 29.5 Å². The molecule has 0 radical (unpaired) electrons. The van der Waals surface area contributed by atoms with Gasteiger partial charge in [0.25, 0.3) is 0 Å². The largest absolute Gasteiger partial charge is 0.369 e. The van der Waals surface area contributed by atoms with Gasteiger partial charge in [-0.15, -0.1) is 11.3 Å². The van der Waals surface area contributed by atoms with Crippen LogP contribution in [0.2, 0.25) is 0 Å². The van der Waals surface area contributed by atoms with Crippen LogP contribution in [0.1, 0.15) is 40.5 Å². The first-order valence-electron chi connectivity index (χ1n) is 8.23. The monoisotopic (exact) mass is 352 g/mol. The molecule has 2 aliphatic rings. The number of guanidine groups is 1. The Morgan fingerprint density at radius 2 is 2.12 bits per heavy atom. The fourth-order valence-electron chi connectivity index (χ4n) is 3.38. The number of benzene rings is 1. The van der Waals surface area contributed by atoms with Gasteiger partial charge in [-0.3, -0.25) is 14.7 Å². The van der Waals surface area contributed by atoms with Crippen molar-refractivity contribution in [2.24, 2.45) is 15.7 Å². The number of hydrogen-bond donors (Lipinski definition) is 1. The van der Waals surface area contributed by atoms with Crippen molar-refractivity contribution in [1.82, 2.24) is 4.90 Å². The molecule has 128 valence electrons. The predicted molar refractivity (Wildman–Crippen MR) is 101 cm³/mol. The van der Waals surface area contributed by atoms with Gasteiger partial charge in [0.05, 0.1) is 29.1 Å².